The Balaban J connectivity index is 1.99. The van der Waals surface area contributed by atoms with Crippen LogP contribution in [0.3, 0.4) is 0 Å². The summed E-state index contributed by atoms with van der Waals surface area (Å²) >= 11 is 5.22. The second-order valence-electron chi connectivity index (χ2n) is 4.21. The highest BCUT2D eigenvalue weighted by Gasteiger charge is 2.01. The SMILES string of the molecule is CCC(=NNC(=S)Nc1ccccc1)c1ccccc1. The highest BCUT2D eigenvalue weighted by atomic mass is 32.1. The number of rotatable bonds is 4. The maximum atomic E-state index is 5.22. The minimum atomic E-state index is 0.484. The van der Waals surface area contributed by atoms with Crippen LogP contribution < -0.4 is 10.7 Å². The number of nitrogens with one attached hydrogen (secondary N) is 2. The minimum Gasteiger partial charge on any atom is -0.331 e. The Morgan fingerprint density at radius 1 is 1.00 bits per heavy atom. The minimum absolute atomic E-state index is 0.484. The van der Waals surface area contributed by atoms with Gasteiger partial charge in [0.15, 0.2) is 5.11 Å². The average molecular weight is 283 g/mol. The van der Waals surface area contributed by atoms with Gasteiger partial charge in [-0.1, -0.05) is 55.5 Å². The van der Waals surface area contributed by atoms with Crippen molar-refractivity contribution in [2.75, 3.05) is 5.32 Å². The van der Waals surface area contributed by atoms with Gasteiger partial charge >= 0.3 is 0 Å². The van der Waals surface area contributed by atoms with Crippen molar-refractivity contribution in [3.8, 4) is 0 Å². The molecule has 2 aromatic rings. The van der Waals surface area contributed by atoms with Gasteiger partial charge in [-0.2, -0.15) is 5.10 Å². The van der Waals surface area contributed by atoms with Crippen LogP contribution in [0.25, 0.3) is 0 Å². The predicted octanol–water partition coefficient (Wildman–Crippen LogP) is 3.79. The summed E-state index contributed by atoms with van der Waals surface area (Å²) in [5.74, 6) is 0. The lowest BCUT2D eigenvalue weighted by atomic mass is 10.1. The van der Waals surface area contributed by atoms with Crippen LogP contribution in [0, 0.1) is 0 Å². The fourth-order valence-electron chi connectivity index (χ4n) is 1.78. The Bertz CT molecular complexity index is 579. The molecule has 0 amide bonds. The zero-order valence-electron chi connectivity index (χ0n) is 11.3. The van der Waals surface area contributed by atoms with E-state index in [-0.39, 0.29) is 0 Å². The smallest absolute Gasteiger partial charge is 0.191 e. The van der Waals surface area contributed by atoms with Crippen molar-refractivity contribution < 1.29 is 0 Å². The van der Waals surface area contributed by atoms with Gasteiger partial charge in [0.05, 0.1) is 5.71 Å². The molecule has 0 atom stereocenters. The largest absolute Gasteiger partial charge is 0.331 e. The Hall–Kier alpha value is -2.20. The molecule has 2 rings (SSSR count). The van der Waals surface area contributed by atoms with E-state index >= 15 is 0 Å². The summed E-state index contributed by atoms with van der Waals surface area (Å²) in [4.78, 5) is 0. The Labute approximate surface area is 124 Å². The maximum Gasteiger partial charge on any atom is 0.191 e. The molecule has 2 N–H and O–H groups in total. The highest BCUT2D eigenvalue weighted by Crippen LogP contribution is 2.05. The van der Waals surface area contributed by atoms with Crippen molar-refractivity contribution in [2.24, 2.45) is 5.10 Å². The standard InChI is InChI=1S/C16H17N3S/c1-2-15(13-9-5-3-6-10-13)18-19-16(20)17-14-11-7-4-8-12-14/h3-12H,2H2,1H3,(H2,17,19,20). The van der Waals surface area contributed by atoms with Gasteiger partial charge in [-0.25, -0.2) is 0 Å². The highest BCUT2D eigenvalue weighted by molar-refractivity contribution is 7.80. The lowest BCUT2D eigenvalue weighted by molar-refractivity contribution is 1.02. The van der Waals surface area contributed by atoms with Crippen LogP contribution in [0.4, 0.5) is 5.69 Å². The van der Waals surface area contributed by atoms with Crippen molar-refractivity contribution >= 4 is 28.7 Å². The summed E-state index contributed by atoms with van der Waals surface area (Å²) in [7, 11) is 0. The predicted molar refractivity (Wildman–Crippen MR) is 89.1 cm³/mol. The fourth-order valence-corrected chi connectivity index (χ4v) is 1.94. The van der Waals surface area contributed by atoms with Gasteiger partial charge < -0.3 is 5.32 Å². The van der Waals surface area contributed by atoms with Crippen molar-refractivity contribution in [1.29, 1.82) is 0 Å². The Morgan fingerprint density at radius 3 is 2.20 bits per heavy atom. The summed E-state index contributed by atoms with van der Waals surface area (Å²) in [5.41, 5.74) is 5.91. The van der Waals surface area contributed by atoms with Crippen LogP contribution >= 0.6 is 12.2 Å². The van der Waals surface area contributed by atoms with E-state index in [4.69, 9.17) is 12.2 Å². The van der Waals surface area contributed by atoms with Crippen LogP contribution in [0.1, 0.15) is 18.9 Å². The average Bonchev–Trinajstić information content (AvgIpc) is 2.50. The molecule has 102 valence electrons. The topological polar surface area (TPSA) is 36.4 Å². The Morgan fingerprint density at radius 2 is 1.60 bits per heavy atom. The summed E-state index contributed by atoms with van der Waals surface area (Å²) in [6.45, 7) is 2.07. The first-order valence-corrected chi connectivity index (χ1v) is 6.94. The molecule has 0 saturated carbocycles. The molecule has 0 saturated heterocycles. The van der Waals surface area contributed by atoms with E-state index in [9.17, 15) is 0 Å². The van der Waals surface area contributed by atoms with E-state index in [0.29, 0.717) is 5.11 Å². The van der Waals surface area contributed by atoms with E-state index in [1.807, 2.05) is 60.7 Å². The molecular formula is C16H17N3S. The van der Waals surface area contributed by atoms with E-state index < -0.39 is 0 Å². The first kappa shape index (κ1) is 14.2. The normalized spacial score (nSPS) is 10.9. The van der Waals surface area contributed by atoms with E-state index in [0.717, 1.165) is 23.4 Å². The number of hydrogen-bond donors (Lipinski definition) is 2. The molecule has 0 fully saturated rings. The molecule has 0 aliphatic rings. The van der Waals surface area contributed by atoms with Crippen molar-refractivity contribution in [2.45, 2.75) is 13.3 Å². The molecule has 0 aliphatic carbocycles. The molecular weight excluding hydrogens is 266 g/mol. The van der Waals surface area contributed by atoms with Gasteiger partial charge in [0.2, 0.25) is 0 Å². The van der Waals surface area contributed by atoms with Gasteiger partial charge in [-0.05, 0) is 36.3 Å². The van der Waals surface area contributed by atoms with Gasteiger partial charge in [0, 0.05) is 5.69 Å². The first-order valence-electron chi connectivity index (χ1n) is 6.53. The summed E-state index contributed by atoms with van der Waals surface area (Å²) in [5, 5.41) is 7.94. The van der Waals surface area contributed by atoms with Crippen LogP contribution in [0.2, 0.25) is 0 Å². The zero-order valence-corrected chi connectivity index (χ0v) is 12.2. The second kappa shape index (κ2) is 7.40. The maximum absolute atomic E-state index is 5.22. The summed E-state index contributed by atoms with van der Waals surface area (Å²) in [6.07, 6.45) is 0.838. The number of hydrogen-bond acceptors (Lipinski definition) is 2. The molecule has 20 heavy (non-hydrogen) atoms. The third kappa shape index (κ3) is 4.17. The van der Waals surface area contributed by atoms with Crippen LogP contribution in [0.15, 0.2) is 65.8 Å². The monoisotopic (exact) mass is 283 g/mol. The fraction of sp³-hybridized carbons (Fsp3) is 0.125. The van der Waals surface area contributed by atoms with Crippen molar-refractivity contribution in [1.82, 2.24) is 5.43 Å². The number of para-hydroxylation sites is 1. The second-order valence-corrected chi connectivity index (χ2v) is 4.62. The molecule has 0 heterocycles. The number of nitrogens with zero attached hydrogens (tertiary/aromatic N) is 1. The van der Waals surface area contributed by atoms with E-state index in [1.54, 1.807) is 0 Å². The lowest BCUT2D eigenvalue weighted by Crippen LogP contribution is -2.25. The molecule has 0 unspecified atom stereocenters. The van der Waals surface area contributed by atoms with Gasteiger partial charge in [-0.15, -0.1) is 0 Å². The van der Waals surface area contributed by atoms with Crippen molar-refractivity contribution in [3.63, 3.8) is 0 Å². The molecule has 3 nitrogen and oxygen atoms in total. The molecule has 0 aromatic heterocycles. The van der Waals surface area contributed by atoms with Crippen LogP contribution in [-0.4, -0.2) is 10.8 Å². The Kier molecular flexibility index (Phi) is 5.26. The van der Waals surface area contributed by atoms with E-state index in [2.05, 4.69) is 22.8 Å². The van der Waals surface area contributed by atoms with Crippen LogP contribution in [-0.2, 0) is 0 Å². The third-order valence-electron chi connectivity index (χ3n) is 2.77. The quantitative estimate of drug-likeness (QED) is 0.509. The van der Waals surface area contributed by atoms with Gasteiger partial charge in [-0.3, -0.25) is 5.43 Å². The van der Waals surface area contributed by atoms with Crippen molar-refractivity contribution in [3.05, 3.63) is 66.2 Å². The number of hydrazone groups is 1. The molecule has 0 spiro atoms. The molecule has 0 bridgehead atoms. The molecule has 0 radical (unpaired) electrons. The lowest BCUT2D eigenvalue weighted by Gasteiger charge is -2.09. The van der Waals surface area contributed by atoms with Gasteiger partial charge in [0.1, 0.15) is 0 Å². The van der Waals surface area contributed by atoms with E-state index in [1.165, 1.54) is 0 Å². The summed E-state index contributed by atoms with van der Waals surface area (Å²) in [6, 6.07) is 19.9. The van der Waals surface area contributed by atoms with Crippen LogP contribution in [0.5, 0.6) is 0 Å². The molecule has 2 aromatic carbocycles. The molecule has 0 aliphatic heterocycles. The number of thiocarbonyl (C=S) groups is 1. The van der Waals surface area contributed by atoms with Gasteiger partial charge in [0.25, 0.3) is 0 Å². The summed E-state index contributed by atoms with van der Waals surface area (Å²) < 4.78 is 0. The number of benzene rings is 2. The third-order valence-corrected chi connectivity index (χ3v) is 2.96. The first-order chi connectivity index (χ1) is 9.79. The molecule has 4 heteroatoms. The zero-order chi connectivity index (χ0) is 14.2. The number of anilines is 1.